The number of aromatic nitrogens is 3. The molecule has 1 amide bonds. The Hall–Kier alpha value is -3.46. The fraction of sp³-hybridized carbons (Fsp3) is 0.233. The Morgan fingerprint density at radius 2 is 1.88 bits per heavy atom. The van der Waals surface area contributed by atoms with E-state index in [0.29, 0.717) is 39.1 Å². The van der Waals surface area contributed by atoms with Crippen molar-refractivity contribution in [3.8, 4) is 5.75 Å². The normalized spacial score (nSPS) is 14.5. The van der Waals surface area contributed by atoms with Gasteiger partial charge in [0.15, 0.2) is 0 Å². The summed E-state index contributed by atoms with van der Waals surface area (Å²) in [5, 5.41) is 12.9. The number of ether oxygens (including phenoxy) is 1. The van der Waals surface area contributed by atoms with Gasteiger partial charge in [-0.1, -0.05) is 72.2 Å². The molecular weight excluding hydrogens is 565 g/mol. The highest BCUT2D eigenvalue weighted by atomic mass is 35.5. The van der Waals surface area contributed by atoms with Crippen LogP contribution in [0, 0.1) is 13.8 Å². The van der Waals surface area contributed by atoms with Crippen LogP contribution in [-0.2, 0) is 11.4 Å². The summed E-state index contributed by atoms with van der Waals surface area (Å²) in [6.45, 7) is 8.28. The van der Waals surface area contributed by atoms with Gasteiger partial charge in [-0.2, -0.15) is 4.98 Å². The highest BCUT2D eigenvalue weighted by Gasteiger charge is 2.34. The van der Waals surface area contributed by atoms with Crippen LogP contribution in [0.4, 0.5) is 11.6 Å². The first-order valence-corrected chi connectivity index (χ1v) is 14.6. The molecule has 5 rings (SSSR count). The second kappa shape index (κ2) is 12.0. The Balaban J connectivity index is 1.46. The molecule has 0 radical (unpaired) electrons. The van der Waals surface area contributed by atoms with Gasteiger partial charge in [0.2, 0.25) is 11.1 Å². The molecule has 3 aromatic carbocycles. The summed E-state index contributed by atoms with van der Waals surface area (Å²) in [5.41, 5.74) is 5.91. The lowest BCUT2D eigenvalue weighted by molar-refractivity contribution is -0.113. The average Bonchev–Trinajstić information content (AvgIpc) is 3.32. The number of amides is 1. The summed E-state index contributed by atoms with van der Waals surface area (Å²) in [5.74, 6) is 1.91. The van der Waals surface area contributed by atoms with Crippen LogP contribution in [0.5, 0.6) is 5.75 Å². The van der Waals surface area contributed by atoms with Crippen molar-refractivity contribution < 1.29 is 9.53 Å². The zero-order chi connectivity index (χ0) is 28.4. The zero-order valence-corrected chi connectivity index (χ0v) is 24.9. The van der Waals surface area contributed by atoms with E-state index in [1.807, 2.05) is 69.3 Å². The number of carbonyl (C=O) groups excluding carboxylic acids is 1. The van der Waals surface area contributed by atoms with Crippen LogP contribution < -0.4 is 15.4 Å². The first-order valence-electron chi connectivity index (χ1n) is 12.9. The van der Waals surface area contributed by atoms with Gasteiger partial charge in [0, 0.05) is 27.0 Å². The predicted octanol–water partition coefficient (Wildman–Crippen LogP) is 7.82. The highest BCUT2D eigenvalue weighted by molar-refractivity contribution is 7.99. The van der Waals surface area contributed by atoms with Crippen molar-refractivity contribution in [2.24, 2.45) is 0 Å². The molecule has 2 heterocycles. The van der Waals surface area contributed by atoms with Gasteiger partial charge in [0.1, 0.15) is 18.4 Å². The number of nitrogens with one attached hydrogen (secondary N) is 2. The van der Waals surface area contributed by atoms with E-state index in [9.17, 15) is 4.79 Å². The number of hydrogen-bond acceptors (Lipinski definition) is 6. The predicted molar refractivity (Wildman–Crippen MR) is 163 cm³/mol. The van der Waals surface area contributed by atoms with Crippen LogP contribution in [0.3, 0.4) is 0 Å². The second-order valence-electron chi connectivity index (χ2n) is 9.46. The minimum atomic E-state index is -0.486. The molecule has 1 atom stereocenters. The number of thioether (sulfide) groups is 1. The Morgan fingerprint density at radius 3 is 2.60 bits per heavy atom. The molecule has 206 valence electrons. The number of anilines is 2. The first-order chi connectivity index (χ1) is 19.2. The zero-order valence-electron chi connectivity index (χ0n) is 22.6. The number of hydrogen-bond donors (Lipinski definition) is 2. The van der Waals surface area contributed by atoms with Crippen LogP contribution in [0.2, 0.25) is 10.0 Å². The summed E-state index contributed by atoms with van der Waals surface area (Å²) >= 11 is 13.9. The van der Waals surface area contributed by atoms with Gasteiger partial charge in [-0.3, -0.25) is 4.79 Å². The molecule has 10 heteroatoms. The van der Waals surface area contributed by atoms with Crippen molar-refractivity contribution in [1.82, 2.24) is 14.8 Å². The lowest BCUT2D eigenvalue weighted by Gasteiger charge is -2.29. The number of halogens is 2. The van der Waals surface area contributed by atoms with Crippen molar-refractivity contribution >= 4 is 52.5 Å². The fourth-order valence-electron chi connectivity index (χ4n) is 4.55. The molecule has 0 spiro atoms. The summed E-state index contributed by atoms with van der Waals surface area (Å²) in [6, 6.07) is 18.4. The Kier molecular flexibility index (Phi) is 8.40. The van der Waals surface area contributed by atoms with E-state index in [0.717, 1.165) is 39.4 Å². The molecule has 1 aliphatic rings. The van der Waals surface area contributed by atoms with Crippen LogP contribution in [-0.4, -0.2) is 26.4 Å². The van der Waals surface area contributed by atoms with Crippen molar-refractivity contribution in [2.75, 3.05) is 16.4 Å². The summed E-state index contributed by atoms with van der Waals surface area (Å²) in [7, 11) is 0. The Bertz CT molecular complexity index is 1600. The quantitative estimate of drug-likeness (QED) is 0.203. The van der Waals surface area contributed by atoms with Gasteiger partial charge in [0.05, 0.1) is 5.57 Å². The molecule has 40 heavy (non-hydrogen) atoms. The average molecular weight is 595 g/mol. The van der Waals surface area contributed by atoms with E-state index >= 15 is 0 Å². The molecule has 0 aliphatic carbocycles. The van der Waals surface area contributed by atoms with Crippen molar-refractivity contribution in [1.29, 1.82) is 0 Å². The molecule has 0 fully saturated rings. The monoisotopic (exact) mass is 593 g/mol. The van der Waals surface area contributed by atoms with Crippen LogP contribution in [0.1, 0.15) is 42.1 Å². The number of rotatable bonds is 8. The molecule has 7 nitrogen and oxygen atoms in total. The van der Waals surface area contributed by atoms with Crippen LogP contribution >= 0.6 is 35.0 Å². The summed E-state index contributed by atoms with van der Waals surface area (Å²) in [4.78, 5) is 18.5. The molecule has 4 aromatic rings. The van der Waals surface area contributed by atoms with E-state index in [1.54, 1.807) is 28.6 Å². The minimum absolute atomic E-state index is 0.202. The third-order valence-corrected chi connectivity index (χ3v) is 8.12. The molecule has 0 saturated carbocycles. The van der Waals surface area contributed by atoms with Gasteiger partial charge in [-0.25, -0.2) is 4.68 Å². The number of nitrogens with zero attached hydrogens (tertiary/aromatic N) is 3. The van der Waals surface area contributed by atoms with Gasteiger partial charge in [-0.05, 0) is 73.5 Å². The van der Waals surface area contributed by atoms with E-state index in [-0.39, 0.29) is 5.91 Å². The molecule has 1 unspecified atom stereocenters. The number of carbonyl (C=O) groups is 1. The molecule has 1 aromatic heterocycles. The van der Waals surface area contributed by atoms with Crippen molar-refractivity contribution in [3.63, 3.8) is 0 Å². The van der Waals surface area contributed by atoms with E-state index < -0.39 is 6.04 Å². The fourth-order valence-corrected chi connectivity index (χ4v) is 5.56. The second-order valence-corrected chi connectivity index (χ2v) is 11.5. The third kappa shape index (κ3) is 5.84. The topological polar surface area (TPSA) is 81.1 Å². The maximum atomic E-state index is 13.8. The molecule has 0 bridgehead atoms. The largest absolute Gasteiger partial charge is 0.489 e. The van der Waals surface area contributed by atoms with Gasteiger partial charge in [-0.15, -0.1) is 5.10 Å². The van der Waals surface area contributed by atoms with E-state index in [1.165, 1.54) is 0 Å². The summed E-state index contributed by atoms with van der Waals surface area (Å²) < 4.78 is 7.77. The first kappa shape index (κ1) is 28.1. The molecular formula is C30H29Cl2N5O2S. The van der Waals surface area contributed by atoms with Crippen molar-refractivity contribution in [3.05, 3.63) is 104 Å². The van der Waals surface area contributed by atoms with Gasteiger partial charge < -0.3 is 15.4 Å². The Morgan fingerprint density at radius 1 is 1.10 bits per heavy atom. The molecule has 0 saturated heterocycles. The standard InChI is InChI=1S/C30H29Cl2N5O2S/c1-5-40-30-35-29-33-19(4)26(28(38)34-25-8-6-7-17(2)18(25)3)27(37(29)36-30)20-10-13-23(14-11-20)39-16-21-9-12-22(31)15-24(21)32/h6-15,27H,5,16H2,1-4H3,(H,34,38)(H,33,35,36). The van der Waals surface area contributed by atoms with Crippen LogP contribution in [0.15, 0.2) is 77.1 Å². The SMILES string of the molecule is CCSc1nc2n(n1)C(c1ccc(OCc3ccc(Cl)cc3Cl)cc1)C(C(=O)Nc1cccc(C)c1C)=C(C)N2. The van der Waals surface area contributed by atoms with E-state index in [2.05, 4.69) is 22.5 Å². The lowest BCUT2D eigenvalue weighted by atomic mass is 9.94. The van der Waals surface area contributed by atoms with Gasteiger partial charge in [0.25, 0.3) is 5.91 Å². The maximum Gasteiger partial charge on any atom is 0.255 e. The van der Waals surface area contributed by atoms with Crippen LogP contribution in [0.25, 0.3) is 0 Å². The number of benzene rings is 3. The molecule has 2 N–H and O–H groups in total. The van der Waals surface area contributed by atoms with E-state index in [4.69, 9.17) is 33.0 Å². The number of allylic oxidation sites excluding steroid dienone is 1. The molecule has 1 aliphatic heterocycles. The van der Waals surface area contributed by atoms with Crippen molar-refractivity contribution in [2.45, 2.75) is 45.5 Å². The minimum Gasteiger partial charge on any atom is -0.489 e. The third-order valence-electron chi connectivity index (χ3n) is 6.81. The maximum absolute atomic E-state index is 13.8. The number of aryl methyl sites for hydroxylation is 1. The number of fused-ring (bicyclic) bond motifs is 1. The smallest absolute Gasteiger partial charge is 0.255 e. The summed E-state index contributed by atoms with van der Waals surface area (Å²) in [6.07, 6.45) is 0. The lowest BCUT2D eigenvalue weighted by Crippen LogP contribution is -2.31. The van der Waals surface area contributed by atoms with Gasteiger partial charge >= 0.3 is 0 Å². The highest BCUT2D eigenvalue weighted by Crippen LogP contribution is 2.37. The Labute approximate surface area is 247 Å².